The van der Waals surface area contributed by atoms with Crippen LogP contribution in [0.1, 0.15) is 53.4 Å². The Morgan fingerprint density at radius 3 is 2.50 bits per heavy atom. The molecular formula is C32H36N4O5S. The van der Waals surface area contributed by atoms with Gasteiger partial charge in [-0.2, -0.15) is 5.06 Å². The zero-order valence-corrected chi connectivity index (χ0v) is 24.5. The molecule has 1 aliphatic rings. The first-order valence-electron chi connectivity index (χ1n) is 14.1. The fourth-order valence-corrected chi connectivity index (χ4v) is 6.38. The molecule has 2 unspecified atom stereocenters. The highest BCUT2D eigenvalue weighted by Gasteiger charge is 2.34. The molecule has 10 heteroatoms. The second kappa shape index (κ2) is 13.7. The van der Waals surface area contributed by atoms with Crippen LogP contribution in [0.15, 0.2) is 88.2 Å². The Morgan fingerprint density at radius 1 is 1.05 bits per heavy atom. The Kier molecular flexibility index (Phi) is 9.55. The highest BCUT2D eigenvalue weighted by Crippen LogP contribution is 2.39. The van der Waals surface area contributed by atoms with Crippen LogP contribution in [0.4, 0.5) is 0 Å². The number of hydrogen-bond donors (Lipinski definition) is 2. The van der Waals surface area contributed by atoms with E-state index in [1.54, 1.807) is 48.5 Å². The van der Waals surface area contributed by atoms with Crippen LogP contribution in [-0.4, -0.2) is 58.6 Å². The van der Waals surface area contributed by atoms with E-state index in [2.05, 4.69) is 4.90 Å². The highest BCUT2D eigenvalue weighted by molar-refractivity contribution is 7.85. The van der Waals surface area contributed by atoms with Gasteiger partial charge in [-0.15, -0.1) is 0 Å². The molecule has 9 nitrogen and oxygen atoms in total. The second-order valence-electron chi connectivity index (χ2n) is 10.3. The van der Waals surface area contributed by atoms with Crippen molar-refractivity contribution in [3.63, 3.8) is 0 Å². The van der Waals surface area contributed by atoms with Gasteiger partial charge < -0.3 is 24.6 Å². The molecule has 4 aromatic rings. The first kappa shape index (κ1) is 29.3. The van der Waals surface area contributed by atoms with Gasteiger partial charge in [0.2, 0.25) is 5.96 Å². The number of piperidine rings is 1. The molecular weight excluding hydrogens is 552 g/mol. The van der Waals surface area contributed by atoms with Crippen molar-refractivity contribution in [2.24, 2.45) is 5.73 Å². The van der Waals surface area contributed by atoms with Gasteiger partial charge in [-0.3, -0.25) is 9.62 Å². The van der Waals surface area contributed by atoms with E-state index in [0.29, 0.717) is 38.9 Å². The molecule has 0 bridgehead atoms. The van der Waals surface area contributed by atoms with Gasteiger partial charge in [0.05, 0.1) is 23.5 Å². The Hall–Kier alpha value is -4.15. The standard InChI is InChI=1S/C32H36N4O5S/c1-39-28-16-15-25(42(38)20-10-19-35-17-8-3-9-18-35)22-26(28)30(29-21-24-13-6-7-14-27(24)40-29)36(32(33)34)41-31(37)23-11-4-2-5-12-23/h2,4-7,11-16,21-22,30H,3,8-10,17-20H2,1H3,(H3,33,34). The minimum Gasteiger partial charge on any atom is -0.496 e. The van der Waals surface area contributed by atoms with Crippen molar-refractivity contribution in [2.75, 3.05) is 32.5 Å². The third-order valence-corrected chi connectivity index (χ3v) is 8.83. The number of hydrogen-bond acceptors (Lipinski definition) is 7. The van der Waals surface area contributed by atoms with Gasteiger partial charge in [0, 0.05) is 21.6 Å². The number of likely N-dealkylation sites (tertiary alicyclic amines) is 1. The molecule has 3 N–H and O–H groups in total. The zero-order valence-electron chi connectivity index (χ0n) is 23.7. The molecule has 1 saturated heterocycles. The molecule has 0 amide bonds. The molecule has 1 aromatic heterocycles. The smallest absolute Gasteiger partial charge is 0.363 e. The fraction of sp³-hybridized carbons (Fsp3) is 0.312. The Bertz CT molecular complexity index is 1520. The van der Waals surface area contributed by atoms with E-state index in [4.69, 9.17) is 25.1 Å². The number of methoxy groups -OCH3 is 1. The van der Waals surface area contributed by atoms with Crippen LogP contribution in [0.3, 0.4) is 0 Å². The quantitative estimate of drug-likeness (QED) is 0.142. The summed E-state index contributed by atoms with van der Waals surface area (Å²) in [5.41, 5.74) is 7.45. The number of para-hydroxylation sites is 1. The lowest BCUT2D eigenvalue weighted by molar-refractivity contribution is -0.0791. The summed E-state index contributed by atoms with van der Waals surface area (Å²) in [4.78, 5) is 21.9. The number of nitrogens with one attached hydrogen (secondary N) is 1. The van der Waals surface area contributed by atoms with E-state index in [1.807, 2.05) is 30.3 Å². The third-order valence-electron chi connectivity index (χ3n) is 7.39. The number of benzene rings is 3. The maximum atomic E-state index is 13.5. The molecule has 0 spiro atoms. The van der Waals surface area contributed by atoms with E-state index >= 15 is 0 Å². The van der Waals surface area contributed by atoms with Gasteiger partial charge in [0.1, 0.15) is 17.1 Å². The number of ether oxygens (including phenoxy) is 1. The predicted octanol–water partition coefficient (Wildman–Crippen LogP) is 5.48. The van der Waals surface area contributed by atoms with Crippen molar-refractivity contribution >= 4 is 33.7 Å². The van der Waals surface area contributed by atoms with E-state index < -0.39 is 28.8 Å². The molecule has 1 aliphatic heterocycles. The number of guanidine groups is 1. The van der Waals surface area contributed by atoms with Crippen LogP contribution in [0.2, 0.25) is 0 Å². The normalized spacial score (nSPS) is 15.2. The van der Waals surface area contributed by atoms with E-state index in [9.17, 15) is 9.00 Å². The first-order chi connectivity index (χ1) is 20.4. The van der Waals surface area contributed by atoms with E-state index in [0.717, 1.165) is 36.5 Å². The van der Waals surface area contributed by atoms with E-state index in [-0.39, 0.29) is 0 Å². The molecule has 0 radical (unpaired) electrons. The van der Waals surface area contributed by atoms with Crippen molar-refractivity contribution in [1.82, 2.24) is 9.96 Å². The lowest BCUT2D eigenvalue weighted by Gasteiger charge is -2.30. The van der Waals surface area contributed by atoms with Crippen molar-refractivity contribution in [2.45, 2.75) is 36.6 Å². The maximum absolute atomic E-state index is 13.5. The largest absolute Gasteiger partial charge is 0.496 e. The second-order valence-corrected chi connectivity index (χ2v) is 11.8. The minimum atomic E-state index is -1.28. The molecule has 5 rings (SSSR count). The lowest BCUT2D eigenvalue weighted by Crippen LogP contribution is -2.41. The lowest BCUT2D eigenvalue weighted by atomic mass is 10.0. The SMILES string of the molecule is COc1ccc(S(=O)CCCN2CCCCC2)cc1C(c1cc2ccccc2o1)N(OC(=O)c1ccccc1)C(=N)N. The molecule has 220 valence electrons. The number of nitrogens with zero attached hydrogens (tertiary/aromatic N) is 2. The number of nitrogens with two attached hydrogens (primary N) is 1. The minimum absolute atomic E-state index is 0.294. The van der Waals surface area contributed by atoms with Gasteiger partial charge in [0.15, 0.2) is 6.04 Å². The maximum Gasteiger partial charge on any atom is 0.363 e. The van der Waals surface area contributed by atoms with Crippen LogP contribution in [0, 0.1) is 5.41 Å². The third kappa shape index (κ3) is 6.83. The van der Waals surface area contributed by atoms with Crippen LogP contribution < -0.4 is 10.5 Å². The summed E-state index contributed by atoms with van der Waals surface area (Å²) in [5, 5.41) is 10.2. The molecule has 42 heavy (non-hydrogen) atoms. The average Bonchev–Trinajstić information content (AvgIpc) is 3.45. The monoisotopic (exact) mass is 588 g/mol. The van der Waals surface area contributed by atoms with Gasteiger partial charge in [-0.05, 0) is 81.4 Å². The van der Waals surface area contributed by atoms with Crippen molar-refractivity contribution < 1.29 is 23.0 Å². The van der Waals surface area contributed by atoms with Gasteiger partial charge >= 0.3 is 5.97 Å². The Balaban J connectivity index is 1.50. The van der Waals surface area contributed by atoms with Crippen LogP contribution >= 0.6 is 0 Å². The van der Waals surface area contributed by atoms with Crippen molar-refractivity contribution in [3.05, 3.63) is 95.7 Å². The summed E-state index contributed by atoms with van der Waals surface area (Å²) >= 11 is 0. The molecule has 2 atom stereocenters. The summed E-state index contributed by atoms with van der Waals surface area (Å²) in [5.74, 6) is 0.120. The first-order valence-corrected chi connectivity index (χ1v) is 15.4. The molecule has 0 saturated carbocycles. The predicted molar refractivity (Wildman–Crippen MR) is 163 cm³/mol. The van der Waals surface area contributed by atoms with Gasteiger partial charge in [-0.25, -0.2) is 4.79 Å². The van der Waals surface area contributed by atoms with Crippen molar-refractivity contribution in [1.29, 1.82) is 5.41 Å². The van der Waals surface area contributed by atoms with Gasteiger partial charge in [0.25, 0.3) is 0 Å². The molecule has 2 heterocycles. The molecule has 1 fully saturated rings. The summed E-state index contributed by atoms with van der Waals surface area (Å²) in [6.07, 6.45) is 4.53. The van der Waals surface area contributed by atoms with Crippen molar-refractivity contribution in [3.8, 4) is 5.75 Å². The van der Waals surface area contributed by atoms with Crippen LogP contribution in [0.25, 0.3) is 11.0 Å². The van der Waals surface area contributed by atoms with Crippen LogP contribution in [-0.2, 0) is 15.6 Å². The number of hydroxylamine groups is 2. The number of furan rings is 1. The fourth-order valence-electron chi connectivity index (χ4n) is 5.28. The summed E-state index contributed by atoms with van der Waals surface area (Å²) in [7, 11) is 0.241. The topological polar surface area (TPSA) is 122 Å². The zero-order chi connectivity index (χ0) is 29.5. The Morgan fingerprint density at radius 2 is 1.79 bits per heavy atom. The summed E-state index contributed by atoms with van der Waals surface area (Å²) in [6, 6.07) is 22.0. The molecule has 3 aromatic carbocycles. The Labute approximate surface area is 248 Å². The number of carbonyl (C=O) groups is 1. The molecule has 0 aliphatic carbocycles. The summed E-state index contributed by atoms with van der Waals surface area (Å²) < 4.78 is 25.4. The highest BCUT2D eigenvalue weighted by atomic mass is 32.2. The summed E-state index contributed by atoms with van der Waals surface area (Å²) in [6.45, 7) is 3.12. The van der Waals surface area contributed by atoms with E-state index in [1.165, 1.54) is 26.4 Å². The number of carbonyl (C=O) groups excluding carboxylic acids is 1. The number of fused-ring (bicyclic) bond motifs is 1. The van der Waals surface area contributed by atoms with Crippen LogP contribution in [0.5, 0.6) is 5.75 Å². The van der Waals surface area contributed by atoms with Gasteiger partial charge in [-0.1, -0.05) is 42.8 Å². The number of rotatable bonds is 10. The average molecular weight is 589 g/mol.